The molecule has 132 valence electrons. The number of nitrogens with one attached hydrogen (secondary N) is 2. The highest BCUT2D eigenvalue weighted by Crippen LogP contribution is 2.43. The van der Waals surface area contributed by atoms with E-state index in [0.717, 1.165) is 32.0 Å². The standard InChI is InChI=1S/C19H25N5O/c20-17(25)16-11-23-24-12-14(10-22-18(16)24)9-21-13-19(7-4-8-19)15-5-2-1-3-6-15/h1-3,5-6,11,14,21-22H,4,7-10,12-13H2,(H2,20,25)/t14-/m0/s1. The Morgan fingerprint density at radius 3 is 2.84 bits per heavy atom. The highest BCUT2D eigenvalue weighted by Gasteiger charge is 2.38. The molecular formula is C19H25N5O. The van der Waals surface area contributed by atoms with Crippen LogP contribution in [0.3, 0.4) is 0 Å². The Morgan fingerprint density at radius 1 is 1.36 bits per heavy atom. The van der Waals surface area contributed by atoms with Crippen molar-refractivity contribution in [3.05, 3.63) is 47.7 Å². The van der Waals surface area contributed by atoms with Crippen LogP contribution in [0.15, 0.2) is 36.5 Å². The zero-order valence-corrected chi connectivity index (χ0v) is 14.4. The SMILES string of the molecule is NC(=O)c1cnn2c1NC[C@H](CNCC1(c3ccccc3)CCC1)C2. The molecule has 4 N–H and O–H groups in total. The Bertz CT molecular complexity index is 750. The first kappa shape index (κ1) is 16.1. The molecule has 1 amide bonds. The Morgan fingerprint density at radius 2 is 2.16 bits per heavy atom. The molecule has 1 aliphatic heterocycles. The molecule has 0 saturated heterocycles. The summed E-state index contributed by atoms with van der Waals surface area (Å²) in [7, 11) is 0. The lowest BCUT2D eigenvalue weighted by atomic mass is 9.64. The summed E-state index contributed by atoms with van der Waals surface area (Å²) in [6, 6.07) is 10.9. The molecule has 0 unspecified atom stereocenters. The summed E-state index contributed by atoms with van der Waals surface area (Å²) in [4.78, 5) is 11.4. The van der Waals surface area contributed by atoms with E-state index >= 15 is 0 Å². The average molecular weight is 339 g/mol. The van der Waals surface area contributed by atoms with E-state index in [0.29, 0.717) is 16.9 Å². The summed E-state index contributed by atoms with van der Waals surface area (Å²) in [5.74, 6) is 0.768. The molecule has 0 bridgehead atoms. The minimum absolute atomic E-state index is 0.305. The molecule has 25 heavy (non-hydrogen) atoms. The van der Waals surface area contributed by atoms with E-state index in [1.54, 1.807) is 6.20 Å². The second kappa shape index (κ2) is 6.52. The predicted octanol–water partition coefficient (Wildman–Crippen LogP) is 1.74. The van der Waals surface area contributed by atoms with Gasteiger partial charge in [0.1, 0.15) is 11.4 Å². The van der Waals surface area contributed by atoms with Gasteiger partial charge >= 0.3 is 0 Å². The second-order valence-electron chi connectivity index (χ2n) is 7.33. The summed E-state index contributed by atoms with van der Waals surface area (Å²) < 4.78 is 1.85. The first-order valence-electron chi connectivity index (χ1n) is 9.04. The van der Waals surface area contributed by atoms with Crippen molar-refractivity contribution in [2.75, 3.05) is 25.0 Å². The smallest absolute Gasteiger partial charge is 0.254 e. The minimum atomic E-state index is -0.430. The van der Waals surface area contributed by atoms with Crippen LogP contribution in [0.1, 0.15) is 35.2 Å². The maximum Gasteiger partial charge on any atom is 0.254 e. The molecule has 2 aliphatic rings. The average Bonchev–Trinajstić information content (AvgIpc) is 3.01. The number of carbonyl (C=O) groups excluding carboxylic acids is 1. The van der Waals surface area contributed by atoms with Gasteiger partial charge in [0.25, 0.3) is 5.91 Å². The minimum Gasteiger partial charge on any atom is -0.369 e. The Balaban J connectivity index is 1.34. The normalized spacial score (nSPS) is 21.0. The fraction of sp³-hybridized carbons (Fsp3) is 0.474. The number of carbonyl (C=O) groups is 1. The van der Waals surface area contributed by atoms with E-state index in [1.807, 2.05) is 4.68 Å². The Kier molecular flexibility index (Phi) is 4.21. The molecule has 4 rings (SSSR count). The van der Waals surface area contributed by atoms with Gasteiger partial charge in [0.15, 0.2) is 0 Å². The fourth-order valence-corrected chi connectivity index (χ4v) is 4.06. The van der Waals surface area contributed by atoms with E-state index in [9.17, 15) is 4.79 Å². The summed E-state index contributed by atoms with van der Waals surface area (Å²) in [6.07, 6.45) is 5.39. The number of aromatic nitrogens is 2. The molecule has 1 aromatic heterocycles. The van der Waals surface area contributed by atoms with E-state index in [4.69, 9.17) is 5.73 Å². The third kappa shape index (κ3) is 3.02. The largest absolute Gasteiger partial charge is 0.369 e. The maximum atomic E-state index is 11.4. The number of fused-ring (bicyclic) bond motifs is 1. The van der Waals surface area contributed by atoms with Gasteiger partial charge in [-0.05, 0) is 18.4 Å². The Hall–Kier alpha value is -2.34. The van der Waals surface area contributed by atoms with E-state index in [1.165, 1.54) is 24.8 Å². The van der Waals surface area contributed by atoms with Crippen LogP contribution in [0.5, 0.6) is 0 Å². The van der Waals surface area contributed by atoms with Gasteiger partial charge in [0.2, 0.25) is 0 Å². The molecule has 1 fully saturated rings. The van der Waals surface area contributed by atoms with E-state index in [2.05, 4.69) is 46.1 Å². The molecule has 6 heteroatoms. The number of hydrogen-bond acceptors (Lipinski definition) is 4. The molecule has 6 nitrogen and oxygen atoms in total. The second-order valence-corrected chi connectivity index (χ2v) is 7.33. The van der Waals surface area contributed by atoms with E-state index in [-0.39, 0.29) is 0 Å². The Labute approximate surface area is 147 Å². The van der Waals surface area contributed by atoms with Crippen LogP contribution in [0.2, 0.25) is 0 Å². The third-order valence-electron chi connectivity index (χ3n) is 5.69. The first-order chi connectivity index (χ1) is 12.2. The number of primary amides is 1. The first-order valence-corrected chi connectivity index (χ1v) is 9.04. The number of anilines is 1. The van der Waals surface area contributed by atoms with Crippen molar-refractivity contribution in [1.29, 1.82) is 0 Å². The zero-order chi connectivity index (χ0) is 17.3. The molecule has 1 saturated carbocycles. The summed E-state index contributed by atoms with van der Waals surface area (Å²) >= 11 is 0. The number of benzene rings is 1. The quantitative estimate of drug-likeness (QED) is 0.748. The molecule has 2 aromatic rings. The van der Waals surface area contributed by atoms with Gasteiger partial charge in [-0.15, -0.1) is 0 Å². The fourth-order valence-electron chi connectivity index (χ4n) is 4.06. The lowest BCUT2D eigenvalue weighted by molar-refractivity contribution is 0.100. The number of amides is 1. The van der Waals surface area contributed by atoms with Crippen LogP contribution in [0.4, 0.5) is 5.82 Å². The van der Waals surface area contributed by atoms with Crippen LogP contribution in [0, 0.1) is 5.92 Å². The highest BCUT2D eigenvalue weighted by atomic mass is 16.1. The van der Waals surface area contributed by atoms with Gasteiger partial charge in [0.05, 0.1) is 6.20 Å². The molecule has 1 aromatic carbocycles. The van der Waals surface area contributed by atoms with Gasteiger partial charge < -0.3 is 16.4 Å². The highest BCUT2D eigenvalue weighted by molar-refractivity contribution is 5.97. The topological polar surface area (TPSA) is 85.0 Å². The molecule has 1 atom stereocenters. The summed E-state index contributed by atoms with van der Waals surface area (Å²) in [5, 5.41) is 11.3. The summed E-state index contributed by atoms with van der Waals surface area (Å²) in [6.45, 7) is 3.59. The van der Waals surface area contributed by atoms with Crippen LogP contribution < -0.4 is 16.4 Å². The van der Waals surface area contributed by atoms with Crippen molar-refractivity contribution in [3.63, 3.8) is 0 Å². The zero-order valence-electron chi connectivity index (χ0n) is 14.4. The van der Waals surface area contributed by atoms with Gasteiger partial charge in [-0.25, -0.2) is 4.68 Å². The van der Waals surface area contributed by atoms with Crippen molar-refractivity contribution >= 4 is 11.7 Å². The number of hydrogen-bond donors (Lipinski definition) is 3. The molecule has 2 heterocycles. The van der Waals surface area contributed by atoms with Crippen molar-refractivity contribution in [1.82, 2.24) is 15.1 Å². The predicted molar refractivity (Wildman–Crippen MR) is 97.6 cm³/mol. The number of rotatable bonds is 6. The number of nitrogens with zero attached hydrogens (tertiary/aromatic N) is 2. The van der Waals surface area contributed by atoms with Crippen LogP contribution >= 0.6 is 0 Å². The van der Waals surface area contributed by atoms with Crippen molar-refractivity contribution < 1.29 is 4.79 Å². The molecule has 0 radical (unpaired) electrons. The molecule has 0 spiro atoms. The van der Waals surface area contributed by atoms with Gasteiger partial charge in [-0.3, -0.25) is 4.79 Å². The molecule has 1 aliphatic carbocycles. The molecular weight excluding hydrogens is 314 g/mol. The van der Waals surface area contributed by atoms with Crippen LogP contribution in [-0.2, 0) is 12.0 Å². The van der Waals surface area contributed by atoms with Crippen molar-refractivity contribution in [2.24, 2.45) is 11.7 Å². The maximum absolute atomic E-state index is 11.4. The summed E-state index contributed by atoms with van der Waals surface area (Å²) in [5.41, 5.74) is 7.61. The van der Waals surface area contributed by atoms with Crippen LogP contribution in [0.25, 0.3) is 0 Å². The number of nitrogens with two attached hydrogens (primary N) is 1. The van der Waals surface area contributed by atoms with Crippen molar-refractivity contribution in [2.45, 2.75) is 31.2 Å². The lowest BCUT2D eigenvalue weighted by Gasteiger charge is -2.43. The van der Waals surface area contributed by atoms with Gasteiger partial charge in [0, 0.05) is 37.5 Å². The van der Waals surface area contributed by atoms with Crippen LogP contribution in [-0.4, -0.2) is 35.3 Å². The third-order valence-corrected chi connectivity index (χ3v) is 5.69. The lowest BCUT2D eigenvalue weighted by Crippen LogP contribution is -2.46. The van der Waals surface area contributed by atoms with E-state index < -0.39 is 5.91 Å². The van der Waals surface area contributed by atoms with Gasteiger partial charge in [-0.1, -0.05) is 36.8 Å². The van der Waals surface area contributed by atoms with Gasteiger partial charge in [-0.2, -0.15) is 5.10 Å². The monoisotopic (exact) mass is 339 g/mol. The van der Waals surface area contributed by atoms with Crippen molar-refractivity contribution in [3.8, 4) is 0 Å².